The van der Waals surface area contributed by atoms with E-state index in [-0.39, 0.29) is 0 Å². The van der Waals surface area contributed by atoms with Crippen LogP contribution in [0.25, 0.3) is 32.7 Å². The van der Waals surface area contributed by atoms with Gasteiger partial charge in [-0.05, 0) is 36.3 Å². The smallest absolute Gasteiger partial charge is 0.0809 e. The molecule has 0 spiro atoms. The Morgan fingerprint density at radius 2 is 1.52 bits per heavy atom. The summed E-state index contributed by atoms with van der Waals surface area (Å²) in [5.41, 5.74) is 5.78. The van der Waals surface area contributed by atoms with Crippen LogP contribution in [0.5, 0.6) is 0 Å². The van der Waals surface area contributed by atoms with Crippen LogP contribution in [0.4, 0.5) is 0 Å². The van der Waals surface area contributed by atoms with Crippen molar-refractivity contribution in [3.8, 4) is 11.1 Å². The van der Waals surface area contributed by atoms with Crippen LogP contribution in [0, 0.1) is 0 Å². The Kier molecular flexibility index (Phi) is 15.6. The minimum absolute atomic E-state index is 0.790. The van der Waals surface area contributed by atoms with Crippen molar-refractivity contribution in [3.05, 3.63) is 108 Å². The van der Waals surface area contributed by atoms with Crippen LogP contribution < -0.4 is 0 Å². The predicted molar refractivity (Wildman–Crippen MR) is 178 cm³/mol. The number of hydrogen-bond donors (Lipinski definition) is 0. The van der Waals surface area contributed by atoms with E-state index in [1.165, 1.54) is 89.6 Å². The summed E-state index contributed by atoms with van der Waals surface area (Å²) in [6.45, 7) is 6.57. The predicted octanol–water partition coefficient (Wildman–Crippen LogP) is 12.3. The second kappa shape index (κ2) is 18.9. The second-order valence-electron chi connectivity index (χ2n) is 10.5. The maximum absolute atomic E-state index is 4.93. The molecule has 1 aliphatic carbocycles. The number of unbranched alkanes of at least 4 members (excludes halogenated alkanes) is 1. The van der Waals surface area contributed by atoms with Crippen molar-refractivity contribution >= 4 is 48.1 Å². The number of fused-ring (bicyclic) bond motifs is 2. The summed E-state index contributed by atoms with van der Waals surface area (Å²) >= 11 is -0.826. The van der Waals surface area contributed by atoms with Gasteiger partial charge in [0, 0.05) is 9.52 Å². The van der Waals surface area contributed by atoms with Gasteiger partial charge in [0.1, 0.15) is 0 Å². The van der Waals surface area contributed by atoms with Gasteiger partial charge >= 0.3 is 37.9 Å². The molecule has 0 amide bonds. The molecule has 5 aromatic rings. The van der Waals surface area contributed by atoms with Crippen molar-refractivity contribution in [2.24, 2.45) is 0 Å². The molecular formula is C36H42Cl2SiZr. The summed E-state index contributed by atoms with van der Waals surface area (Å²) in [5, 5.41) is 5.47. The zero-order valence-electron chi connectivity index (χ0n) is 24.2. The topological polar surface area (TPSA) is 0 Å². The Balaban J connectivity index is 0.000000241. The molecule has 40 heavy (non-hydrogen) atoms. The largest absolute Gasteiger partial charge is 0.168 e. The molecule has 5 aromatic carbocycles. The van der Waals surface area contributed by atoms with Gasteiger partial charge in [-0.3, -0.25) is 0 Å². The van der Waals surface area contributed by atoms with Gasteiger partial charge in [0.2, 0.25) is 0 Å². The summed E-state index contributed by atoms with van der Waals surface area (Å²) in [6.07, 6.45) is 10.7. The van der Waals surface area contributed by atoms with Crippen molar-refractivity contribution in [2.45, 2.75) is 77.3 Å². The van der Waals surface area contributed by atoms with Gasteiger partial charge in [0.05, 0.1) is 0 Å². The standard InChI is InChI=1S/C25H29.C9H7.C2H6Si.2ClH.Zr/c1-2-3-8-19-17-23-11-7-12-24(25(23)18-19)22-15-13-21(14-16-22)20-9-5-4-6-10-20;1-2-5-9-7-3-6-8(9)4-1;1-3-2;;;/h7,11-18,20H,2-6,8-10H2,1H3;1-7H;1-2H3;2*1H;/q2*-1;;;;+4/p-2. The number of hydrogen-bond acceptors (Lipinski definition) is 0. The molecule has 0 heterocycles. The van der Waals surface area contributed by atoms with Gasteiger partial charge in [0.15, 0.2) is 0 Å². The third kappa shape index (κ3) is 10.1. The van der Waals surface area contributed by atoms with E-state index in [0.29, 0.717) is 0 Å². The summed E-state index contributed by atoms with van der Waals surface area (Å²) in [5.74, 6) is 0.790. The quantitative estimate of drug-likeness (QED) is 0.130. The fraction of sp³-hybridized carbons (Fsp3) is 0.333. The fourth-order valence-electron chi connectivity index (χ4n) is 5.51. The number of rotatable bonds is 5. The molecule has 6 rings (SSSR count). The van der Waals surface area contributed by atoms with Gasteiger partial charge < -0.3 is 0 Å². The first-order valence-electron chi connectivity index (χ1n) is 14.6. The van der Waals surface area contributed by atoms with E-state index in [1.807, 2.05) is 0 Å². The van der Waals surface area contributed by atoms with Crippen molar-refractivity contribution in [2.75, 3.05) is 0 Å². The summed E-state index contributed by atoms with van der Waals surface area (Å²) in [6, 6.07) is 35.7. The second-order valence-corrected chi connectivity index (χ2v) is 15.2. The minimum atomic E-state index is -0.826. The first kappa shape index (κ1) is 33.1. The molecule has 0 N–H and O–H groups in total. The first-order chi connectivity index (χ1) is 19.6. The van der Waals surface area contributed by atoms with E-state index < -0.39 is 20.8 Å². The maximum atomic E-state index is 4.93. The van der Waals surface area contributed by atoms with Crippen molar-refractivity contribution in [1.82, 2.24) is 0 Å². The molecule has 0 bridgehead atoms. The van der Waals surface area contributed by atoms with Crippen molar-refractivity contribution in [1.29, 1.82) is 0 Å². The third-order valence-corrected chi connectivity index (χ3v) is 7.48. The van der Waals surface area contributed by atoms with Crippen LogP contribution in [-0.4, -0.2) is 9.52 Å². The molecule has 0 aliphatic heterocycles. The van der Waals surface area contributed by atoms with E-state index in [4.69, 9.17) is 17.0 Å². The number of aryl methyl sites for hydroxylation is 1. The number of benzene rings is 3. The summed E-state index contributed by atoms with van der Waals surface area (Å²) in [4.78, 5) is 0. The van der Waals surface area contributed by atoms with Gasteiger partial charge in [-0.1, -0.05) is 94.1 Å². The summed E-state index contributed by atoms with van der Waals surface area (Å²) in [7, 11) is 11.0. The van der Waals surface area contributed by atoms with Crippen molar-refractivity contribution in [3.63, 3.8) is 0 Å². The Hall–Kier alpha value is -1.44. The SMILES string of the molecule is CCCCc1cc2c(-c3ccc(C4CCCCC4)cc3)cccc2[cH-]1.C[Si]C.[Cl][Zr+2][Cl].c1ccc2[cH-]ccc2c1. The monoisotopic (exact) mass is 662 g/mol. The zero-order chi connectivity index (χ0) is 28.6. The van der Waals surface area contributed by atoms with E-state index in [0.717, 1.165) is 15.4 Å². The normalized spacial score (nSPS) is 12.8. The van der Waals surface area contributed by atoms with Gasteiger partial charge in [-0.25, -0.2) is 0 Å². The van der Waals surface area contributed by atoms with Crippen LogP contribution in [0.15, 0.2) is 97.1 Å². The number of halogens is 2. The molecule has 2 radical (unpaired) electrons. The van der Waals surface area contributed by atoms with E-state index >= 15 is 0 Å². The van der Waals surface area contributed by atoms with Crippen LogP contribution in [-0.2, 0) is 27.3 Å². The molecule has 0 aromatic heterocycles. The molecule has 0 saturated heterocycles. The van der Waals surface area contributed by atoms with Crippen LogP contribution in [0.2, 0.25) is 13.1 Å². The molecule has 4 heteroatoms. The Morgan fingerprint density at radius 1 is 0.850 bits per heavy atom. The molecule has 208 valence electrons. The average Bonchev–Trinajstić information content (AvgIpc) is 3.65. The molecule has 0 unspecified atom stereocenters. The third-order valence-electron chi connectivity index (χ3n) is 7.48. The fourth-order valence-corrected chi connectivity index (χ4v) is 5.51. The van der Waals surface area contributed by atoms with Gasteiger partial charge in [-0.15, -0.1) is 64.2 Å². The van der Waals surface area contributed by atoms with Crippen LogP contribution in [0.1, 0.15) is 68.9 Å². The molecule has 0 atom stereocenters. The van der Waals surface area contributed by atoms with E-state index in [2.05, 4.69) is 117 Å². The zero-order valence-corrected chi connectivity index (χ0v) is 29.2. The van der Waals surface area contributed by atoms with Crippen molar-refractivity contribution < 1.29 is 20.8 Å². The minimum Gasteiger partial charge on any atom is -0.168 e. The molecule has 0 nitrogen and oxygen atoms in total. The van der Waals surface area contributed by atoms with E-state index in [1.54, 1.807) is 5.56 Å². The maximum Gasteiger partial charge on any atom is -0.0809 e. The Bertz CT molecular complexity index is 1330. The molecule has 1 saturated carbocycles. The molecule has 1 fully saturated rings. The average molecular weight is 665 g/mol. The van der Waals surface area contributed by atoms with Gasteiger partial charge in [0.25, 0.3) is 0 Å². The summed E-state index contributed by atoms with van der Waals surface area (Å²) < 4.78 is 0. The molecular weight excluding hydrogens is 623 g/mol. The van der Waals surface area contributed by atoms with Crippen LogP contribution >= 0.6 is 17.0 Å². The molecule has 1 aliphatic rings. The van der Waals surface area contributed by atoms with E-state index in [9.17, 15) is 0 Å². The van der Waals surface area contributed by atoms with Crippen LogP contribution in [0.3, 0.4) is 0 Å². The Labute approximate surface area is 263 Å². The Morgan fingerprint density at radius 3 is 2.20 bits per heavy atom. The van der Waals surface area contributed by atoms with Gasteiger partial charge in [-0.2, -0.15) is 23.6 Å². The first-order valence-corrected chi connectivity index (χ1v) is 22.9.